The summed E-state index contributed by atoms with van der Waals surface area (Å²) in [4.78, 5) is 0. The van der Waals surface area contributed by atoms with E-state index in [4.69, 9.17) is 0 Å². The van der Waals surface area contributed by atoms with Crippen molar-refractivity contribution in [2.24, 2.45) is 0 Å². The summed E-state index contributed by atoms with van der Waals surface area (Å²) in [6.07, 6.45) is 2.69. The molecule has 1 aliphatic heterocycles. The lowest BCUT2D eigenvalue weighted by Gasteiger charge is -2.27. The van der Waals surface area contributed by atoms with Crippen LogP contribution >= 0.6 is 0 Å². The summed E-state index contributed by atoms with van der Waals surface area (Å²) in [5.74, 6) is 0. The van der Waals surface area contributed by atoms with Gasteiger partial charge < -0.3 is 0 Å². The predicted octanol–water partition coefficient (Wildman–Crippen LogP) is 2.13. The molecule has 0 spiro atoms. The van der Waals surface area contributed by atoms with Crippen molar-refractivity contribution >= 4 is 0 Å². The Hall–Kier alpha value is -0.860. The van der Waals surface area contributed by atoms with E-state index in [2.05, 4.69) is 47.4 Å². The molecule has 1 heterocycles. The molecule has 14 heavy (non-hydrogen) atoms. The summed E-state index contributed by atoms with van der Waals surface area (Å²) < 4.78 is 0. The molecule has 1 aliphatic rings. The lowest BCUT2D eigenvalue weighted by molar-refractivity contribution is 0.0164. The Kier molecular flexibility index (Phi) is 3.17. The molecule has 0 saturated carbocycles. The van der Waals surface area contributed by atoms with Gasteiger partial charge in [0.1, 0.15) is 0 Å². The first-order chi connectivity index (χ1) is 6.86. The Balaban J connectivity index is 1.90. The molecule has 0 bridgehead atoms. The second kappa shape index (κ2) is 4.58. The third kappa shape index (κ3) is 2.34. The average molecular weight is 190 g/mol. The SMILES string of the molecule is CN(Cc1ccccc1)N1CCCC1. The van der Waals surface area contributed by atoms with Crippen molar-refractivity contribution in [1.82, 2.24) is 10.0 Å². The monoisotopic (exact) mass is 190 g/mol. The Morgan fingerprint density at radius 2 is 1.79 bits per heavy atom. The number of nitrogens with zero attached hydrogens (tertiary/aromatic N) is 2. The van der Waals surface area contributed by atoms with Gasteiger partial charge in [-0.15, -0.1) is 0 Å². The number of hydrazine groups is 1. The van der Waals surface area contributed by atoms with E-state index in [-0.39, 0.29) is 0 Å². The van der Waals surface area contributed by atoms with E-state index in [9.17, 15) is 0 Å². The first-order valence-electron chi connectivity index (χ1n) is 5.36. The number of rotatable bonds is 3. The van der Waals surface area contributed by atoms with E-state index in [1.165, 1.54) is 31.5 Å². The van der Waals surface area contributed by atoms with Crippen molar-refractivity contribution in [3.8, 4) is 0 Å². The van der Waals surface area contributed by atoms with E-state index in [1.807, 2.05) is 0 Å². The van der Waals surface area contributed by atoms with E-state index < -0.39 is 0 Å². The van der Waals surface area contributed by atoms with Crippen LogP contribution in [0.1, 0.15) is 18.4 Å². The maximum atomic E-state index is 2.44. The topological polar surface area (TPSA) is 6.48 Å². The second-order valence-corrected chi connectivity index (χ2v) is 3.96. The van der Waals surface area contributed by atoms with Crippen molar-refractivity contribution in [3.05, 3.63) is 35.9 Å². The molecule has 0 aromatic heterocycles. The van der Waals surface area contributed by atoms with Crippen LogP contribution in [-0.2, 0) is 6.54 Å². The van der Waals surface area contributed by atoms with Crippen LogP contribution in [0.3, 0.4) is 0 Å². The van der Waals surface area contributed by atoms with Crippen LogP contribution in [-0.4, -0.2) is 30.2 Å². The van der Waals surface area contributed by atoms with Gasteiger partial charge in [-0.3, -0.25) is 0 Å². The van der Waals surface area contributed by atoms with Crippen LogP contribution in [0, 0.1) is 0 Å². The number of hydrogen-bond donors (Lipinski definition) is 0. The summed E-state index contributed by atoms with van der Waals surface area (Å²) in [5.41, 5.74) is 1.39. The quantitative estimate of drug-likeness (QED) is 0.720. The van der Waals surface area contributed by atoms with Crippen molar-refractivity contribution in [2.45, 2.75) is 19.4 Å². The molecule has 1 fully saturated rings. The standard InChI is InChI=1S/C12H18N2/c1-13(14-9-5-6-10-14)11-12-7-3-2-4-8-12/h2-4,7-8H,5-6,9-11H2,1H3. The van der Waals surface area contributed by atoms with Crippen molar-refractivity contribution in [2.75, 3.05) is 20.1 Å². The van der Waals surface area contributed by atoms with Gasteiger partial charge in [-0.2, -0.15) is 0 Å². The van der Waals surface area contributed by atoms with Crippen molar-refractivity contribution < 1.29 is 0 Å². The highest BCUT2D eigenvalue weighted by atomic mass is 15.6. The summed E-state index contributed by atoms with van der Waals surface area (Å²) in [6, 6.07) is 10.7. The van der Waals surface area contributed by atoms with Gasteiger partial charge in [0.2, 0.25) is 0 Å². The van der Waals surface area contributed by atoms with Gasteiger partial charge in [-0.05, 0) is 18.4 Å². The number of benzene rings is 1. The third-order valence-corrected chi connectivity index (χ3v) is 2.82. The van der Waals surface area contributed by atoms with E-state index in [1.54, 1.807) is 0 Å². The van der Waals surface area contributed by atoms with Gasteiger partial charge >= 0.3 is 0 Å². The summed E-state index contributed by atoms with van der Waals surface area (Å²) in [6.45, 7) is 3.48. The molecule has 0 radical (unpaired) electrons. The van der Waals surface area contributed by atoms with Crippen molar-refractivity contribution in [1.29, 1.82) is 0 Å². The fourth-order valence-corrected chi connectivity index (χ4v) is 1.99. The largest absolute Gasteiger partial charge is 0.242 e. The van der Waals surface area contributed by atoms with E-state index >= 15 is 0 Å². The zero-order chi connectivity index (χ0) is 9.80. The van der Waals surface area contributed by atoms with Gasteiger partial charge in [0, 0.05) is 26.7 Å². The van der Waals surface area contributed by atoms with Gasteiger partial charge in [-0.25, -0.2) is 10.0 Å². The molecule has 0 amide bonds. The lowest BCUT2D eigenvalue weighted by Crippen LogP contribution is -2.36. The third-order valence-electron chi connectivity index (χ3n) is 2.82. The fraction of sp³-hybridized carbons (Fsp3) is 0.500. The molecule has 76 valence electrons. The minimum atomic E-state index is 1.03. The molecule has 0 atom stereocenters. The number of hydrogen-bond acceptors (Lipinski definition) is 2. The smallest absolute Gasteiger partial charge is 0.0381 e. The normalized spacial score (nSPS) is 17.9. The Morgan fingerprint density at radius 3 is 2.43 bits per heavy atom. The minimum Gasteiger partial charge on any atom is -0.242 e. The van der Waals surface area contributed by atoms with Gasteiger partial charge in [0.15, 0.2) is 0 Å². The molecule has 0 aliphatic carbocycles. The van der Waals surface area contributed by atoms with Crippen molar-refractivity contribution in [3.63, 3.8) is 0 Å². The molecule has 1 aromatic rings. The zero-order valence-electron chi connectivity index (χ0n) is 8.82. The molecule has 2 nitrogen and oxygen atoms in total. The molecular weight excluding hydrogens is 172 g/mol. The van der Waals surface area contributed by atoms with Gasteiger partial charge in [0.25, 0.3) is 0 Å². The Morgan fingerprint density at radius 1 is 1.14 bits per heavy atom. The highest BCUT2D eigenvalue weighted by Crippen LogP contribution is 2.12. The summed E-state index contributed by atoms with van der Waals surface area (Å²) >= 11 is 0. The van der Waals surface area contributed by atoms with Crippen LogP contribution in [0.5, 0.6) is 0 Å². The summed E-state index contributed by atoms with van der Waals surface area (Å²) in [7, 11) is 2.18. The first kappa shape index (κ1) is 9.69. The van der Waals surface area contributed by atoms with Crippen LogP contribution in [0.4, 0.5) is 0 Å². The lowest BCUT2D eigenvalue weighted by atomic mass is 10.2. The van der Waals surface area contributed by atoms with Crippen LogP contribution in [0.15, 0.2) is 30.3 Å². The minimum absolute atomic E-state index is 1.03. The molecular formula is C12H18N2. The Labute approximate surface area is 86.1 Å². The van der Waals surface area contributed by atoms with Crippen LogP contribution in [0.2, 0.25) is 0 Å². The first-order valence-corrected chi connectivity index (χ1v) is 5.36. The Bertz CT molecular complexity index is 265. The van der Waals surface area contributed by atoms with Gasteiger partial charge in [-0.1, -0.05) is 30.3 Å². The molecule has 0 unspecified atom stereocenters. The van der Waals surface area contributed by atoms with Gasteiger partial charge in [0.05, 0.1) is 0 Å². The molecule has 2 rings (SSSR count). The average Bonchev–Trinajstić information content (AvgIpc) is 2.72. The predicted molar refractivity (Wildman–Crippen MR) is 58.7 cm³/mol. The van der Waals surface area contributed by atoms with Crippen LogP contribution < -0.4 is 0 Å². The highest BCUT2D eigenvalue weighted by molar-refractivity contribution is 5.14. The molecule has 1 saturated heterocycles. The van der Waals surface area contributed by atoms with E-state index in [0.29, 0.717) is 0 Å². The molecule has 0 N–H and O–H groups in total. The molecule has 1 aromatic carbocycles. The summed E-state index contributed by atoms with van der Waals surface area (Å²) in [5, 5.41) is 4.77. The second-order valence-electron chi connectivity index (χ2n) is 3.96. The molecule has 2 heteroatoms. The maximum Gasteiger partial charge on any atom is 0.0381 e. The van der Waals surface area contributed by atoms with E-state index in [0.717, 1.165) is 6.54 Å². The fourth-order valence-electron chi connectivity index (χ4n) is 1.99. The zero-order valence-corrected chi connectivity index (χ0v) is 8.82. The maximum absolute atomic E-state index is 2.44. The van der Waals surface area contributed by atoms with Crippen LogP contribution in [0.25, 0.3) is 0 Å². The highest BCUT2D eigenvalue weighted by Gasteiger charge is 2.15.